The number of benzene rings is 1. The van der Waals surface area contributed by atoms with Crippen LogP contribution in [0.4, 0.5) is 10.5 Å². The van der Waals surface area contributed by atoms with Crippen LogP contribution in [0.5, 0.6) is 5.75 Å². The maximum absolute atomic E-state index is 11.9. The van der Waals surface area contributed by atoms with Gasteiger partial charge >= 0.3 is 6.03 Å². The molecule has 2 rings (SSSR count). The topological polar surface area (TPSA) is 42.0 Å². The molecule has 0 unspecified atom stereocenters. The monoisotopic (exact) mass is 304 g/mol. The predicted molar refractivity (Wildman–Crippen MR) is 73.8 cm³/mol. The molecule has 1 fully saturated rings. The van der Waals surface area contributed by atoms with Gasteiger partial charge in [-0.3, -0.25) is 4.90 Å². The van der Waals surface area contributed by atoms with E-state index >= 15 is 0 Å². The minimum absolute atomic E-state index is 0.0280. The van der Waals surface area contributed by atoms with Crippen molar-refractivity contribution in [2.24, 2.45) is 0 Å². The second kappa shape index (κ2) is 5.45. The van der Waals surface area contributed by atoms with E-state index in [1.165, 1.54) is 11.9 Å². The number of carbonyl (C=O) groups excluding carboxylic acids is 1. The number of urea groups is 1. The number of hydrogen-bond donors (Lipinski definition) is 0. The minimum atomic E-state index is -0.292. The van der Waals surface area contributed by atoms with E-state index in [2.05, 4.69) is 0 Å². The van der Waals surface area contributed by atoms with Gasteiger partial charge in [-0.05, 0) is 19.9 Å². The molecule has 19 heavy (non-hydrogen) atoms. The summed E-state index contributed by atoms with van der Waals surface area (Å²) >= 11 is 12.2. The first-order chi connectivity index (χ1) is 8.90. The van der Waals surface area contributed by atoms with E-state index in [0.29, 0.717) is 21.5 Å². The summed E-state index contributed by atoms with van der Waals surface area (Å²) < 4.78 is 5.58. The Balaban J connectivity index is 2.37. The van der Waals surface area contributed by atoms with Gasteiger partial charge in [-0.25, -0.2) is 14.7 Å². The van der Waals surface area contributed by atoms with Crippen molar-refractivity contribution >= 4 is 34.9 Å². The first-order valence-electron chi connectivity index (χ1n) is 5.74. The van der Waals surface area contributed by atoms with Gasteiger partial charge < -0.3 is 4.74 Å². The third-order valence-electron chi connectivity index (χ3n) is 2.54. The van der Waals surface area contributed by atoms with Gasteiger partial charge in [0.1, 0.15) is 5.75 Å². The lowest BCUT2D eigenvalue weighted by Crippen LogP contribution is -2.29. The van der Waals surface area contributed by atoms with Crippen molar-refractivity contribution in [3.63, 3.8) is 0 Å². The highest BCUT2D eigenvalue weighted by Crippen LogP contribution is 2.38. The van der Waals surface area contributed by atoms with Crippen molar-refractivity contribution in [2.45, 2.75) is 20.0 Å². The van der Waals surface area contributed by atoms with Crippen molar-refractivity contribution in [3.05, 3.63) is 22.2 Å². The first-order valence-corrected chi connectivity index (χ1v) is 6.49. The average Bonchev–Trinajstić information content (AvgIpc) is 2.63. The molecule has 0 aromatic heterocycles. The van der Waals surface area contributed by atoms with Gasteiger partial charge in [-0.1, -0.05) is 23.2 Å². The van der Waals surface area contributed by atoms with Crippen LogP contribution in [0.3, 0.4) is 0 Å². The Labute approximate surface area is 121 Å². The van der Waals surface area contributed by atoms with Crippen molar-refractivity contribution in [2.75, 3.05) is 18.7 Å². The van der Waals surface area contributed by atoms with E-state index in [0.717, 1.165) is 5.06 Å². The average molecular weight is 305 g/mol. The number of anilines is 1. The van der Waals surface area contributed by atoms with Crippen LogP contribution in [0, 0.1) is 0 Å². The Morgan fingerprint density at radius 2 is 2.00 bits per heavy atom. The number of hydrogen-bond acceptors (Lipinski definition) is 3. The second-order valence-corrected chi connectivity index (χ2v) is 5.18. The zero-order valence-corrected chi connectivity index (χ0v) is 12.3. The zero-order chi connectivity index (χ0) is 14.2. The zero-order valence-electron chi connectivity index (χ0n) is 10.8. The third kappa shape index (κ3) is 2.88. The standard InChI is InChI=1S/C12H14Cl2N2O3/c1-7(2)19-11-5-10(8(13)4-9(11)14)16-6-18-15(3)12(16)17/h4-5,7H,6H2,1-3H3. The summed E-state index contributed by atoms with van der Waals surface area (Å²) in [7, 11) is 1.54. The molecule has 2 amide bonds. The summed E-state index contributed by atoms with van der Waals surface area (Å²) in [6, 6.07) is 2.91. The third-order valence-corrected chi connectivity index (χ3v) is 3.13. The predicted octanol–water partition coefficient (Wildman–Crippen LogP) is 3.54. The molecular formula is C12H14Cl2N2O3. The molecule has 0 aliphatic carbocycles. The lowest BCUT2D eigenvalue weighted by Gasteiger charge is -2.18. The van der Waals surface area contributed by atoms with Gasteiger partial charge in [0.2, 0.25) is 0 Å². The summed E-state index contributed by atoms with van der Waals surface area (Å²) in [5.74, 6) is 0.485. The number of hydroxylamine groups is 2. The van der Waals surface area contributed by atoms with Crippen molar-refractivity contribution < 1.29 is 14.4 Å². The number of nitrogens with zero attached hydrogens (tertiary/aromatic N) is 2. The summed E-state index contributed by atoms with van der Waals surface area (Å²) in [5, 5.41) is 1.92. The Bertz CT molecular complexity index is 508. The maximum atomic E-state index is 11.9. The highest BCUT2D eigenvalue weighted by atomic mass is 35.5. The van der Waals surface area contributed by atoms with Gasteiger partial charge in [0.25, 0.3) is 0 Å². The SMILES string of the molecule is CC(C)Oc1cc(N2CON(C)C2=O)c(Cl)cc1Cl. The number of rotatable bonds is 3. The molecule has 1 saturated heterocycles. The molecular weight excluding hydrogens is 291 g/mol. The van der Waals surface area contributed by atoms with Crippen molar-refractivity contribution in [3.8, 4) is 5.75 Å². The summed E-state index contributed by atoms with van der Waals surface area (Å²) in [6.07, 6.45) is -0.0280. The van der Waals surface area contributed by atoms with Crippen LogP contribution in [0.1, 0.15) is 13.8 Å². The molecule has 0 N–H and O–H groups in total. The van der Waals surface area contributed by atoms with Gasteiger partial charge in [0, 0.05) is 13.1 Å². The summed E-state index contributed by atoms with van der Waals surface area (Å²) in [5.41, 5.74) is 0.510. The Hall–Kier alpha value is -1.17. The number of halogens is 2. The largest absolute Gasteiger partial charge is 0.489 e. The van der Waals surface area contributed by atoms with Crippen LogP contribution in [-0.4, -0.2) is 31.0 Å². The lowest BCUT2D eigenvalue weighted by atomic mass is 10.2. The van der Waals surface area contributed by atoms with Gasteiger partial charge in [-0.2, -0.15) is 0 Å². The molecule has 5 nitrogen and oxygen atoms in total. The molecule has 1 heterocycles. The normalized spacial score (nSPS) is 15.6. The highest BCUT2D eigenvalue weighted by molar-refractivity contribution is 6.37. The van der Waals surface area contributed by atoms with Gasteiger partial charge in [0.15, 0.2) is 6.73 Å². The molecule has 0 saturated carbocycles. The number of ether oxygens (including phenoxy) is 1. The van der Waals surface area contributed by atoms with E-state index < -0.39 is 0 Å². The fourth-order valence-corrected chi connectivity index (χ4v) is 2.20. The Morgan fingerprint density at radius 1 is 1.32 bits per heavy atom. The van der Waals surface area contributed by atoms with Crippen LogP contribution >= 0.6 is 23.2 Å². The van der Waals surface area contributed by atoms with Crippen LogP contribution in [0.15, 0.2) is 12.1 Å². The van der Waals surface area contributed by atoms with E-state index in [9.17, 15) is 4.79 Å². The Morgan fingerprint density at radius 3 is 2.53 bits per heavy atom. The van der Waals surface area contributed by atoms with Gasteiger partial charge in [-0.15, -0.1) is 0 Å². The summed E-state index contributed by atoms with van der Waals surface area (Å²) in [4.78, 5) is 18.4. The van der Waals surface area contributed by atoms with E-state index in [1.54, 1.807) is 12.1 Å². The fourth-order valence-electron chi connectivity index (χ4n) is 1.67. The molecule has 0 radical (unpaired) electrons. The smallest absolute Gasteiger partial charge is 0.350 e. The molecule has 1 aromatic carbocycles. The van der Waals surface area contributed by atoms with E-state index in [4.69, 9.17) is 32.8 Å². The quantitative estimate of drug-likeness (QED) is 0.857. The summed E-state index contributed by atoms with van der Waals surface area (Å²) in [6.45, 7) is 3.89. The molecule has 1 aliphatic heterocycles. The van der Waals surface area contributed by atoms with E-state index in [1.807, 2.05) is 13.8 Å². The molecule has 7 heteroatoms. The molecule has 0 bridgehead atoms. The van der Waals surface area contributed by atoms with Crippen LogP contribution < -0.4 is 9.64 Å². The second-order valence-electron chi connectivity index (χ2n) is 4.37. The number of carbonyl (C=O) groups is 1. The van der Waals surface area contributed by atoms with Crippen LogP contribution in [0.2, 0.25) is 10.0 Å². The molecule has 0 spiro atoms. The first kappa shape index (κ1) is 14.2. The van der Waals surface area contributed by atoms with Crippen molar-refractivity contribution in [1.82, 2.24) is 5.06 Å². The number of amides is 2. The molecule has 1 aliphatic rings. The molecule has 1 aromatic rings. The van der Waals surface area contributed by atoms with Crippen LogP contribution in [-0.2, 0) is 4.84 Å². The van der Waals surface area contributed by atoms with Gasteiger partial charge in [0.05, 0.1) is 21.8 Å². The Kier molecular flexibility index (Phi) is 4.08. The highest BCUT2D eigenvalue weighted by Gasteiger charge is 2.30. The molecule has 0 atom stereocenters. The van der Waals surface area contributed by atoms with Crippen LogP contribution in [0.25, 0.3) is 0 Å². The van der Waals surface area contributed by atoms with Crippen molar-refractivity contribution in [1.29, 1.82) is 0 Å². The minimum Gasteiger partial charge on any atom is -0.489 e. The fraction of sp³-hybridized carbons (Fsp3) is 0.417. The van der Waals surface area contributed by atoms with E-state index in [-0.39, 0.29) is 18.9 Å². The maximum Gasteiger partial charge on any atom is 0.350 e. The lowest BCUT2D eigenvalue weighted by molar-refractivity contribution is -0.0585. The molecule has 104 valence electrons.